The third-order valence-electron chi connectivity index (χ3n) is 6.74. The number of hydrogen-bond acceptors (Lipinski definition) is 3. The Balaban J connectivity index is 1.98. The average molecular weight is 318 g/mol. The SMILES string of the molecule is C[C@@H]1[C@@H](O)C=C2C(C)(C)CCC[C@]2(C)[C@@]1(O)CCc1ccoc1. The Kier molecular flexibility index (Phi) is 4.01. The maximum Gasteiger partial charge on any atom is 0.0934 e. The number of hydrogen-bond donors (Lipinski definition) is 2. The van der Waals surface area contributed by atoms with Crippen molar-refractivity contribution in [3.63, 3.8) is 0 Å². The molecule has 2 aliphatic rings. The van der Waals surface area contributed by atoms with E-state index in [-0.39, 0.29) is 16.7 Å². The van der Waals surface area contributed by atoms with Gasteiger partial charge in [0.15, 0.2) is 0 Å². The van der Waals surface area contributed by atoms with Gasteiger partial charge in [0.1, 0.15) is 0 Å². The lowest BCUT2D eigenvalue weighted by atomic mass is 9.48. The van der Waals surface area contributed by atoms with Crippen LogP contribution in [0.5, 0.6) is 0 Å². The molecule has 0 bridgehead atoms. The van der Waals surface area contributed by atoms with Crippen molar-refractivity contribution >= 4 is 0 Å². The highest BCUT2D eigenvalue weighted by Gasteiger charge is 2.59. The molecule has 0 spiro atoms. The molecule has 1 fully saturated rings. The van der Waals surface area contributed by atoms with Crippen LogP contribution in [-0.2, 0) is 6.42 Å². The first-order valence-corrected chi connectivity index (χ1v) is 8.85. The van der Waals surface area contributed by atoms with Gasteiger partial charge in [0, 0.05) is 11.3 Å². The Morgan fingerprint density at radius 2 is 2.00 bits per heavy atom. The predicted molar refractivity (Wildman–Crippen MR) is 91.0 cm³/mol. The summed E-state index contributed by atoms with van der Waals surface area (Å²) in [5.41, 5.74) is 1.23. The molecule has 1 saturated carbocycles. The molecule has 1 aromatic rings. The van der Waals surface area contributed by atoms with Gasteiger partial charge in [-0.1, -0.05) is 45.8 Å². The molecule has 23 heavy (non-hydrogen) atoms. The molecule has 4 atom stereocenters. The summed E-state index contributed by atoms with van der Waals surface area (Å²) in [6.45, 7) is 8.68. The highest BCUT2D eigenvalue weighted by molar-refractivity contribution is 5.34. The molecule has 0 aliphatic heterocycles. The Hall–Kier alpha value is -1.06. The molecule has 3 rings (SSSR count). The minimum Gasteiger partial charge on any atom is -0.472 e. The summed E-state index contributed by atoms with van der Waals surface area (Å²) in [6.07, 6.45) is 9.53. The normalized spacial score (nSPS) is 39.7. The Morgan fingerprint density at radius 3 is 2.65 bits per heavy atom. The maximum absolute atomic E-state index is 11.8. The fourth-order valence-corrected chi connectivity index (χ4v) is 5.13. The van der Waals surface area contributed by atoms with Gasteiger partial charge in [0.05, 0.1) is 24.2 Å². The van der Waals surface area contributed by atoms with E-state index in [4.69, 9.17) is 4.42 Å². The van der Waals surface area contributed by atoms with Crippen LogP contribution in [0.3, 0.4) is 0 Å². The standard InChI is InChI=1S/C20H30O3/c1-14-16(21)12-17-18(2,3)8-5-9-19(17,4)20(14,22)10-6-15-7-11-23-13-15/h7,11-14,16,21-22H,5-6,8-10H2,1-4H3/t14-,16+,19+,20-/m1/s1. The van der Waals surface area contributed by atoms with Crippen molar-refractivity contribution in [1.82, 2.24) is 0 Å². The molecule has 0 saturated heterocycles. The predicted octanol–water partition coefficient (Wildman–Crippen LogP) is 4.10. The van der Waals surface area contributed by atoms with E-state index in [1.165, 1.54) is 5.57 Å². The lowest BCUT2D eigenvalue weighted by Gasteiger charge is -2.59. The van der Waals surface area contributed by atoms with Gasteiger partial charge in [0.2, 0.25) is 0 Å². The summed E-state index contributed by atoms with van der Waals surface area (Å²) < 4.78 is 5.16. The van der Waals surface area contributed by atoms with Crippen LogP contribution in [0.4, 0.5) is 0 Å². The van der Waals surface area contributed by atoms with E-state index in [0.29, 0.717) is 6.42 Å². The average Bonchev–Trinajstić information content (AvgIpc) is 2.99. The van der Waals surface area contributed by atoms with E-state index in [1.807, 2.05) is 19.1 Å². The fourth-order valence-electron chi connectivity index (χ4n) is 5.13. The van der Waals surface area contributed by atoms with Crippen LogP contribution in [0.2, 0.25) is 0 Å². The number of aliphatic hydroxyl groups excluding tert-OH is 1. The molecular weight excluding hydrogens is 288 g/mol. The van der Waals surface area contributed by atoms with Crippen molar-refractivity contribution in [1.29, 1.82) is 0 Å². The number of aryl methyl sites for hydroxylation is 1. The Labute approximate surface area is 139 Å². The number of aliphatic hydroxyl groups is 2. The van der Waals surface area contributed by atoms with E-state index in [1.54, 1.807) is 12.5 Å². The van der Waals surface area contributed by atoms with Crippen molar-refractivity contribution in [2.24, 2.45) is 16.7 Å². The van der Waals surface area contributed by atoms with Crippen LogP contribution in [0, 0.1) is 16.7 Å². The Bertz CT molecular complexity index is 586. The Morgan fingerprint density at radius 1 is 1.26 bits per heavy atom. The largest absolute Gasteiger partial charge is 0.472 e. The molecule has 3 nitrogen and oxygen atoms in total. The minimum absolute atomic E-state index is 0.0394. The van der Waals surface area contributed by atoms with Gasteiger partial charge in [-0.3, -0.25) is 0 Å². The molecule has 0 unspecified atom stereocenters. The molecule has 1 aromatic heterocycles. The summed E-state index contributed by atoms with van der Waals surface area (Å²) in [4.78, 5) is 0. The second kappa shape index (κ2) is 5.49. The van der Waals surface area contributed by atoms with E-state index < -0.39 is 11.7 Å². The molecule has 0 amide bonds. The number of furan rings is 1. The first kappa shape index (κ1) is 16.8. The van der Waals surface area contributed by atoms with Crippen LogP contribution in [-0.4, -0.2) is 21.9 Å². The van der Waals surface area contributed by atoms with Crippen molar-refractivity contribution in [3.05, 3.63) is 35.8 Å². The molecular formula is C20H30O3. The van der Waals surface area contributed by atoms with Crippen LogP contribution in [0.25, 0.3) is 0 Å². The smallest absolute Gasteiger partial charge is 0.0934 e. The van der Waals surface area contributed by atoms with Crippen molar-refractivity contribution in [2.75, 3.05) is 0 Å². The first-order chi connectivity index (χ1) is 10.7. The molecule has 0 aromatic carbocycles. The quantitative estimate of drug-likeness (QED) is 0.825. The molecule has 128 valence electrons. The van der Waals surface area contributed by atoms with Gasteiger partial charge in [-0.15, -0.1) is 0 Å². The van der Waals surface area contributed by atoms with Crippen molar-refractivity contribution in [3.8, 4) is 0 Å². The zero-order chi connectivity index (χ0) is 16.9. The van der Waals surface area contributed by atoms with Gasteiger partial charge < -0.3 is 14.6 Å². The van der Waals surface area contributed by atoms with Crippen LogP contribution < -0.4 is 0 Å². The maximum atomic E-state index is 11.8. The van der Waals surface area contributed by atoms with Gasteiger partial charge in [-0.25, -0.2) is 0 Å². The van der Waals surface area contributed by atoms with E-state index in [2.05, 4.69) is 20.8 Å². The lowest BCUT2D eigenvalue weighted by Crippen LogP contribution is -2.61. The van der Waals surface area contributed by atoms with Gasteiger partial charge in [-0.05, 0) is 42.7 Å². The summed E-state index contributed by atoms with van der Waals surface area (Å²) in [7, 11) is 0. The van der Waals surface area contributed by atoms with Gasteiger partial charge >= 0.3 is 0 Å². The zero-order valence-electron chi connectivity index (χ0n) is 14.8. The zero-order valence-corrected chi connectivity index (χ0v) is 14.8. The fraction of sp³-hybridized carbons (Fsp3) is 0.700. The van der Waals surface area contributed by atoms with Crippen LogP contribution in [0.15, 0.2) is 34.7 Å². The van der Waals surface area contributed by atoms with Gasteiger partial charge in [0.25, 0.3) is 0 Å². The molecule has 2 aliphatic carbocycles. The third kappa shape index (κ3) is 2.49. The minimum atomic E-state index is -0.897. The first-order valence-electron chi connectivity index (χ1n) is 8.85. The van der Waals surface area contributed by atoms with Crippen molar-refractivity contribution < 1.29 is 14.6 Å². The summed E-state index contributed by atoms with van der Waals surface area (Å²) in [6, 6.07) is 1.96. The third-order valence-corrected chi connectivity index (χ3v) is 6.74. The number of fused-ring (bicyclic) bond motifs is 1. The highest BCUT2D eigenvalue weighted by atomic mass is 16.3. The summed E-state index contributed by atoms with van der Waals surface area (Å²) in [5.74, 6) is -0.169. The van der Waals surface area contributed by atoms with E-state index in [9.17, 15) is 10.2 Å². The summed E-state index contributed by atoms with van der Waals surface area (Å²) in [5, 5.41) is 22.4. The van der Waals surface area contributed by atoms with E-state index in [0.717, 1.165) is 31.2 Å². The van der Waals surface area contributed by atoms with Crippen molar-refractivity contribution in [2.45, 2.75) is 71.5 Å². The molecule has 0 radical (unpaired) electrons. The van der Waals surface area contributed by atoms with Crippen LogP contribution in [0.1, 0.15) is 58.9 Å². The molecule has 2 N–H and O–H groups in total. The highest BCUT2D eigenvalue weighted by Crippen LogP contribution is 2.61. The van der Waals surface area contributed by atoms with E-state index >= 15 is 0 Å². The number of rotatable bonds is 3. The second-order valence-corrected chi connectivity index (χ2v) is 8.49. The summed E-state index contributed by atoms with van der Waals surface area (Å²) >= 11 is 0. The second-order valence-electron chi connectivity index (χ2n) is 8.49. The topological polar surface area (TPSA) is 53.6 Å². The van der Waals surface area contributed by atoms with Crippen LogP contribution >= 0.6 is 0 Å². The molecule has 1 heterocycles. The van der Waals surface area contributed by atoms with Gasteiger partial charge in [-0.2, -0.15) is 0 Å². The monoisotopic (exact) mass is 318 g/mol. The molecule has 3 heteroatoms. The lowest BCUT2D eigenvalue weighted by molar-refractivity contribution is -0.153.